The van der Waals surface area contributed by atoms with E-state index in [1.54, 1.807) is 19.9 Å². The Kier molecular flexibility index (Phi) is 5.18. The molecular formula is C15H20FNO. The largest absolute Gasteiger partial charge is 0.389 e. The fourth-order valence-corrected chi connectivity index (χ4v) is 1.95. The number of aliphatic hydroxyl groups is 1. The van der Waals surface area contributed by atoms with Crippen molar-refractivity contribution in [3.63, 3.8) is 0 Å². The van der Waals surface area contributed by atoms with Gasteiger partial charge in [-0.1, -0.05) is 12.8 Å². The van der Waals surface area contributed by atoms with Gasteiger partial charge in [-0.15, -0.1) is 6.42 Å². The number of hydrogen-bond donors (Lipinski definition) is 1. The first-order valence-electron chi connectivity index (χ1n) is 6.17. The Morgan fingerprint density at radius 3 is 2.67 bits per heavy atom. The van der Waals surface area contributed by atoms with Gasteiger partial charge in [-0.05, 0) is 38.0 Å². The summed E-state index contributed by atoms with van der Waals surface area (Å²) in [6.45, 7) is 6.65. The molecule has 0 bridgehead atoms. The number of terminal acetylenes is 1. The van der Waals surface area contributed by atoms with E-state index in [-0.39, 0.29) is 5.82 Å². The number of nitrogens with zero attached hydrogens (tertiary/aromatic N) is 1. The van der Waals surface area contributed by atoms with Gasteiger partial charge in [0.2, 0.25) is 0 Å². The minimum absolute atomic E-state index is 0.299. The summed E-state index contributed by atoms with van der Waals surface area (Å²) in [4.78, 5) is 1.99. The lowest BCUT2D eigenvalue weighted by molar-refractivity contribution is 0.199. The quantitative estimate of drug-likeness (QED) is 0.811. The summed E-state index contributed by atoms with van der Waals surface area (Å²) in [6.07, 6.45) is 5.59. The Bertz CT molecular complexity index is 449. The highest BCUT2D eigenvalue weighted by molar-refractivity contribution is 5.57. The molecule has 0 saturated carbocycles. The third kappa shape index (κ3) is 3.24. The Hall–Kier alpha value is -1.53. The first-order chi connectivity index (χ1) is 8.51. The van der Waals surface area contributed by atoms with Crippen LogP contribution in [0.15, 0.2) is 12.1 Å². The number of rotatable bonds is 5. The molecule has 0 spiro atoms. The van der Waals surface area contributed by atoms with Crippen LogP contribution in [0.5, 0.6) is 0 Å². The molecule has 0 heterocycles. The van der Waals surface area contributed by atoms with Gasteiger partial charge in [-0.25, -0.2) is 4.39 Å². The van der Waals surface area contributed by atoms with Crippen LogP contribution in [-0.4, -0.2) is 18.2 Å². The van der Waals surface area contributed by atoms with E-state index < -0.39 is 6.10 Å². The molecule has 0 aliphatic rings. The molecule has 98 valence electrons. The van der Waals surface area contributed by atoms with Crippen LogP contribution >= 0.6 is 0 Å². The molecule has 1 atom stereocenters. The molecule has 0 aliphatic carbocycles. The average molecular weight is 249 g/mol. The first-order valence-corrected chi connectivity index (χ1v) is 6.17. The van der Waals surface area contributed by atoms with Crippen LogP contribution in [0.4, 0.5) is 10.1 Å². The van der Waals surface area contributed by atoms with E-state index in [0.717, 1.165) is 18.7 Å². The van der Waals surface area contributed by atoms with Crippen molar-refractivity contribution in [2.24, 2.45) is 0 Å². The van der Waals surface area contributed by atoms with E-state index in [2.05, 4.69) is 12.8 Å². The van der Waals surface area contributed by atoms with Crippen LogP contribution in [0.3, 0.4) is 0 Å². The summed E-state index contributed by atoms with van der Waals surface area (Å²) in [5.74, 6) is 2.30. The molecule has 0 aromatic heterocycles. The highest BCUT2D eigenvalue weighted by atomic mass is 19.1. The van der Waals surface area contributed by atoms with E-state index in [1.807, 2.05) is 4.90 Å². The second kappa shape index (κ2) is 6.42. The number of anilines is 1. The monoisotopic (exact) mass is 249 g/mol. The normalized spacial score (nSPS) is 12.0. The standard InChI is InChI=1S/C15H20FNO/c1-5-7-17(8-6-2)15-9-11(3)14(16)10-13(15)12(4)18/h1,9-10,12,18H,6-8H2,2-4H3/t12-/m0/s1. The average Bonchev–Trinajstić information content (AvgIpc) is 2.31. The summed E-state index contributed by atoms with van der Waals surface area (Å²) in [6, 6.07) is 3.15. The van der Waals surface area contributed by atoms with Crippen LogP contribution in [0.2, 0.25) is 0 Å². The highest BCUT2D eigenvalue weighted by Crippen LogP contribution is 2.29. The fraction of sp³-hybridized carbons (Fsp3) is 0.467. The van der Waals surface area contributed by atoms with Crippen LogP contribution in [0.1, 0.15) is 37.5 Å². The first kappa shape index (κ1) is 14.5. The van der Waals surface area contributed by atoms with Crippen molar-refractivity contribution in [2.75, 3.05) is 18.0 Å². The minimum atomic E-state index is -0.716. The zero-order chi connectivity index (χ0) is 13.7. The van der Waals surface area contributed by atoms with Crippen LogP contribution < -0.4 is 4.90 Å². The molecule has 1 rings (SSSR count). The summed E-state index contributed by atoms with van der Waals surface area (Å²) in [7, 11) is 0. The number of aryl methyl sites for hydroxylation is 1. The topological polar surface area (TPSA) is 23.5 Å². The summed E-state index contributed by atoms with van der Waals surface area (Å²) >= 11 is 0. The Labute approximate surface area is 108 Å². The number of benzene rings is 1. The third-order valence-electron chi connectivity index (χ3n) is 2.87. The number of aliphatic hydroxyl groups excluding tert-OH is 1. The van der Waals surface area contributed by atoms with Gasteiger partial charge < -0.3 is 10.0 Å². The van der Waals surface area contributed by atoms with Crippen LogP contribution in [0.25, 0.3) is 0 Å². The summed E-state index contributed by atoms with van der Waals surface area (Å²) < 4.78 is 13.6. The van der Waals surface area contributed by atoms with Gasteiger partial charge in [0.25, 0.3) is 0 Å². The zero-order valence-electron chi connectivity index (χ0n) is 11.2. The molecule has 0 amide bonds. The van der Waals surface area contributed by atoms with Gasteiger partial charge in [-0.3, -0.25) is 0 Å². The van der Waals surface area contributed by atoms with Crippen LogP contribution in [0, 0.1) is 25.1 Å². The molecule has 1 aromatic rings. The second-order valence-corrected chi connectivity index (χ2v) is 4.46. The molecular weight excluding hydrogens is 229 g/mol. The molecule has 0 aliphatic heterocycles. The van der Waals surface area contributed by atoms with Crippen molar-refractivity contribution in [3.8, 4) is 12.3 Å². The van der Waals surface area contributed by atoms with E-state index in [0.29, 0.717) is 17.7 Å². The van der Waals surface area contributed by atoms with E-state index in [4.69, 9.17) is 6.42 Å². The number of halogens is 1. The van der Waals surface area contributed by atoms with Gasteiger partial charge in [0, 0.05) is 17.8 Å². The van der Waals surface area contributed by atoms with Crippen molar-refractivity contribution in [1.82, 2.24) is 0 Å². The molecule has 1 aromatic carbocycles. The fourth-order valence-electron chi connectivity index (χ4n) is 1.95. The maximum atomic E-state index is 13.6. The van der Waals surface area contributed by atoms with Crippen molar-refractivity contribution in [1.29, 1.82) is 0 Å². The van der Waals surface area contributed by atoms with E-state index in [1.165, 1.54) is 6.07 Å². The molecule has 2 nitrogen and oxygen atoms in total. The molecule has 0 unspecified atom stereocenters. The van der Waals surface area contributed by atoms with Gasteiger partial charge in [0.05, 0.1) is 12.6 Å². The SMILES string of the molecule is C#CCN(CCC)c1cc(C)c(F)cc1[C@H](C)O. The molecule has 0 fully saturated rings. The van der Waals surface area contributed by atoms with Gasteiger partial charge in [-0.2, -0.15) is 0 Å². The predicted octanol–water partition coefficient (Wildman–Crippen LogP) is 3.04. The molecule has 3 heteroatoms. The lowest BCUT2D eigenvalue weighted by Crippen LogP contribution is -2.26. The predicted molar refractivity (Wildman–Crippen MR) is 73.1 cm³/mol. The number of hydrogen-bond acceptors (Lipinski definition) is 2. The molecule has 0 saturated heterocycles. The second-order valence-electron chi connectivity index (χ2n) is 4.46. The summed E-state index contributed by atoms with van der Waals surface area (Å²) in [5.41, 5.74) is 1.97. The van der Waals surface area contributed by atoms with E-state index in [9.17, 15) is 9.50 Å². The molecule has 1 N–H and O–H groups in total. The van der Waals surface area contributed by atoms with Crippen LogP contribution in [-0.2, 0) is 0 Å². The Morgan fingerprint density at radius 1 is 1.50 bits per heavy atom. The van der Waals surface area contributed by atoms with E-state index >= 15 is 0 Å². The molecule has 18 heavy (non-hydrogen) atoms. The smallest absolute Gasteiger partial charge is 0.126 e. The summed E-state index contributed by atoms with van der Waals surface area (Å²) in [5, 5.41) is 9.76. The lowest BCUT2D eigenvalue weighted by atomic mass is 10.0. The maximum Gasteiger partial charge on any atom is 0.126 e. The van der Waals surface area contributed by atoms with Crippen molar-refractivity contribution >= 4 is 5.69 Å². The van der Waals surface area contributed by atoms with Crippen molar-refractivity contribution < 1.29 is 9.50 Å². The molecule has 0 radical (unpaired) electrons. The van der Waals surface area contributed by atoms with Crippen molar-refractivity contribution in [3.05, 3.63) is 29.1 Å². The third-order valence-corrected chi connectivity index (χ3v) is 2.87. The maximum absolute atomic E-state index is 13.6. The highest BCUT2D eigenvalue weighted by Gasteiger charge is 2.16. The van der Waals surface area contributed by atoms with Gasteiger partial charge in [0.1, 0.15) is 5.82 Å². The van der Waals surface area contributed by atoms with Crippen molar-refractivity contribution in [2.45, 2.75) is 33.3 Å². The Morgan fingerprint density at radius 2 is 2.17 bits per heavy atom. The lowest BCUT2D eigenvalue weighted by Gasteiger charge is -2.26. The zero-order valence-corrected chi connectivity index (χ0v) is 11.2. The minimum Gasteiger partial charge on any atom is -0.389 e. The van der Waals surface area contributed by atoms with Gasteiger partial charge in [0.15, 0.2) is 0 Å². The Balaban J connectivity index is 3.26. The van der Waals surface area contributed by atoms with Gasteiger partial charge >= 0.3 is 0 Å².